The van der Waals surface area contributed by atoms with Gasteiger partial charge in [-0.15, -0.1) is 0 Å². The highest BCUT2D eigenvalue weighted by molar-refractivity contribution is 5.95. The first-order chi connectivity index (χ1) is 13.1. The average Bonchev–Trinajstić information content (AvgIpc) is 3.13. The first kappa shape index (κ1) is 18.8. The third-order valence-corrected chi connectivity index (χ3v) is 4.56. The molecule has 0 saturated heterocycles. The number of fused-ring (bicyclic) bond motifs is 1. The van der Waals surface area contributed by atoms with Crippen molar-refractivity contribution in [2.45, 2.75) is 25.8 Å². The van der Waals surface area contributed by atoms with E-state index >= 15 is 0 Å². The van der Waals surface area contributed by atoms with E-state index < -0.39 is 0 Å². The topological polar surface area (TPSA) is 91.7 Å². The van der Waals surface area contributed by atoms with E-state index in [1.54, 1.807) is 18.2 Å². The van der Waals surface area contributed by atoms with Gasteiger partial charge in [-0.2, -0.15) is 5.10 Å². The number of carbonyl (C=O) groups is 1. The van der Waals surface area contributed by atoms with Crippen molar-refractivity contribution in [3.05, 3.63) is 45.4 Å². The number of hydrogen-bond donors (Lipinski definition) is 1. The molecule has 0 aliphatic heterocycles. The Kier molecular flexibility index (Phi) is 5.63. The number of methoxy groups -OCH3 is 3. The molecule has 0 saturated carbocycles. The van der Waals surface area contributed by atoms with Crippen LogP contribution in [0.15, 0.2) is 23.0 Å². The largest absolute Gasteiger partial charge is 0.493 e. The molecule has 8 heteroatoms. The standard InChI is InChI=1S/C19H23N3O5/c1-25-15-9-13(10-16(26-2)18(15)27-3)19(24)20-7-8-22-17(23)11-12-5-4-6-14(12)21-22/h9-11H,4-8H2,1-3H3,(H,20,24). The first-order valence-corrected chi connectivity index (χ1v) is 8.75. The first-order valence-electron chi connectivity index (χ1n) is 8.75. The quantitative estimate of drug-likeness (QED) is 0.784. The highest BCUT2D eigenvalue weighted by Gasteiger charge is 2.17. The predicted molar refractivity (Wildman–Crippen MR) is 99.0 cm³/mol. The van der Waals surface area contributed by atoms with Crippen LogP contribution in [-0.2, 0) is 19.4 Å². The van der Waals surface area contributed by atoms with Gasteiger partial charge in [0, 0.05) is 18.2 Å². The fourth-order valence-electron chi connectivity index (χ4n) is 3.19. The van der Waals surface area contributed by atoms with Crippen molar-refractivity contribution in [3.63, 3.8) is 0 Å². The summed E-state index contributed by atoms with van der Waals surface area (Å²) in [5.41, 5.74) is 2.25. The SMILES string of the molecule is COc1cc(C(=O)NCCn2nc3c(cc2=O)CCC3)cc(OC)c1OC. The second-order valence-corrected chi connectivity index (χ2v) is 6.20. The predicted octanol–water partition coefficient (Wildman–Crippen LogP) is 1.19. The summed E-state index contributed by atoms with van der Waals surface area (Å²) < 4.78 is 17.2. The number of aryl methyl sites for hydroxylation is 2. The monoisotopic (exact) mass is 373 g/mol. The fraction of sp³-hybridized carbons (Fsp3) is 0.421. The molecule has 1 aliphatic rings. The lowest BCUT2D eigenvalue weighted by atomic mass is 10.1. The zero-order chi connectivity index (χ0) is 19.4. The molecule has 1 aromatic carbocycles. The van der Waals surface area contributed by atoms with Crippen LogP contribution in [0, 0.1) is 0 Å². The van der Waals surface area contributed by atoms with Gasteiger partial charge in [0.1, 0.15) is 0 Å². The maximum atomic E-state index is 12.5. The molecule has 8 nitrogen and oxygen atoms in total. The van der Waals surface area contributed by atoms with Crippen LogP contribution in [0.2, 0.25) is 0 Å². The number of carbonyl (C=O) groups excluding carboxylic acids is 1. The Balaban J connectivity index is 1.69. The van der Waals surface area contributed by atoms with Crippen molar-refractivity contribution in [1.82, 2.24) is 15.1 Å². The van der Waals surface area contributed by atoms with E-state index in [4.69, 9.17) is 14.2 Å². The number of nitrogens with zero attached hydrogens (tertiary/aromatic N) is 2. The zero-order valence-electron chi connectivity index (χ0n) is 15.7. The molecule has 0 atom stereocenters. The van der Waals surface area contributed by atoms with E-state index in [0.717, 1.165) is 30.5 Å². The molecule has 0 fully saturated rings. The maximum absolute atomic E-state index is 12.5. The molecule has 1 heterocycles. The van der Waals surface area contributed by atoms with Crippen LogP contribution < -0.4 is 25.1 Å². The summed E-state index contributed by atoms with van der Waals surface area (Å²) in [6, 6.07) is 4.81. The van der Waals surface area contributed by atoms with E-state index in [1.807, 2.05) is 0 Å². The third kappa shape index (κ3) is 3.89. The normalized spacial score (nSPS) is 12.4. The van der Waals surface area contributed by atoms with Crippen LogP contribution in [0.25, 0.3) is 0 Å². The van der Waals surface area contributed by atoms with E-state index in [9.17, 15) is 9.59 Å². The van der Waals surface area contributed by atoms with Gasteiger partial charge >= 0.3 is 0 Å². The van der Waals surface area contributed by atoms with Gasteiger partial charge in [-0.25, -0.2) is 4.68 Å². The summed E-state index contributed by atoms with van der Waals surface area (Å²) in [6.07, 6.45) is 2.84. The van der Waals surface area contributed by atoms with Crippen LogP contribution in [0.1, 0.15) is 28.0 Å². The van der Waals surface area contributed by atoms with Crippen LogP contribution >= 0.6 is 0 Å². The summed E-state index contributed by atoms with van der Waals surface area (Å²) in [5.74, 6) is 0.922. The van der Waals surface area contributed by atoms with Gasteiger partial charge in [-0.3, -0.25) is 9.59 Å². The molecule has 1 amide bonds. The van der Waals surface area contributed by atoms with Crippen LogP contribution in [0.3, 0.4) is 0 Å². The van der Waals surface area contributed by atoms with Crippen molar-refractivity contribution < 1.29 is 19.0 Å². The highest BCUT2D eigenvalue weighted by atomic mass is 16.5. The highest BCUT2D eigenvalue weighted by Crippen LogP contribution is 2.38. The number of rotatable bonds is 7. The minimum absolute atomic E-state index is 0.141. The lowest BCUT2D eigenvalue weighted by Gasteiger charge is -2.14. The van der Waals surface area contributed by atoms with Gasteiger partial charge in [0.25, 0.3) is 11.5 Å². The number of aromatic nitrogens is 2. The van der Waals surface area contributed by atoms with Crippen molar-refractivity contribution >= 4 is 5.91 Å². The molecule has 27 heavy (non-hydrogen) atoms. The second-order valence-electron chi connectivity index (χ2n) is 6.20. The molecule has 2 aromatic rings. The Bertz CT molecular complexity index is 882. The van der Waals surface area contributed by atoms with Gasteiger partial charge in [-0.1, -0.05) is 0 Å². The minimum Gasteiger partial charge on any atom is -0.493 e. The Morgan fingerprint density at radius 2 is 1.81 bits per heavy atom. The van der Waals surface area contributed by atoms with Crippen LogP contribution in [0.5, 0.6) is 17.2 Å². The molecule has 144 valence electrons. The molecule has 0 bridgehead atoms. The lowest BCUT2D eigenvalue weighted by Crippen LogP contribution is -2.32. The van der Waals surface area contributed by atoms with Gasteiger partial charge in [-0.05, 0) is 37.0 Å². The molecule has 1 N–H and O–H groups in total. The fourth-order valence-corrected chi connectivity index (χ4v) is 3.19. The zero-order valence-corrected chi connectivity index (χ0v) is 15.7. The summed E-state index contributed by atoms with van der Waals surface area (Å²) in [7, 11) is 4.48. The van der Waals surface area contributed by atoms with E-state index in [-0.39, 0.29) is 18.0 Å². The van der Waals surface area contributed by atoms with Crippen molar-refractivity contribution in [2.75, 3.05) is 27.9 Å². The molecule has 0 radical (unpaired) electrons. The van der Waals surface area contributed by atoms with Crippen LogP contribution in [-0.4, -0.2) is 43.6 Å². The van der Waals surface area contributed by atoms with Crippen LogP contribution in [0.4, 0.5) is 0 Å². The van der Waals surface area contributed by atoms with E-state index in [1.165, 1.54) is 26.0 Å². The second kappa shape index (κ2) is 8.11. The Labute approximate surface area is 157 Å². The number of hydrogen-bond acceptors (Lipinski definition) is 6. The Morgan fingerprint density at radius 3 is 2.44 bits per heavy atom. The molecule has 0 spiro atoms. The van der Waals surface area contributed by atoms with Gasteiger partial charge in [0.15, 0.2) is 11.5 Å². The molecular weight excluding hydrogens is 350 g/mol. The minimum atomic E-state index is -0.302. The summed E-state index contributed by atoms with van der Waals surface area (Å²) in [5, 5.41) is 7.19. The van der Waals surface area contributed by atoms with Crippen molar-refractivity contribution in [2.24, 2.45) is 0 Å². The Morgan fingerprint density at radius 1 is 1.11 bits per heavy atom. The molecule has 1 aromatic heterocycles. The van der Waals surface area contributed by atoms with Gasteiger partial charge in [0.2, 0.25) is 5.75 Å². The maximum Gasteiger partial charge on any atom is 0.267 e. The average molecular weight is 373 g/mol. The van der Waals surface area contributed by atoms with E-state index in [2.05, 4.69) is 10.4 Å². The molecular formula is C19H23N3O5. The lowest BCUT2D eigenvalue weighted by molar-refractivity contribution is 0.0951. The third-order valence-electron chi connectivity index (χ3n) is 4.56. The summed E-state index contributed by atoms with van der Waals surface area (Å²) in [4.78, 5) is 24.6. The van der Waals surface area contributed by atoms with Gasteiger partial charge < -0.3 is 19.5 Å². The molecule has 0 unspecified atom stereocenters. The van der Waals surface area contributed by atoms with E-state index in [0.29, 0.717) is 29.4 Å². The number of nitrogens with one attached hydrogen (secondary N) is 1. The summed E-state index contributed by atoms with van der Waals surface area (Å²) in [6.45, 7) is 0.587. The van der Waals surface area contributed by atoms with Crippen molar-refractivity contribution in [1.29, 1.82) is 0 Å². The number of amides is 1. The Hall–Kier alpha value is -3.03. The number of ether oxygens (including phenoxy) is 3. The smallest absolute Gasteiger partial charge is 0.267 e. The molecule has 1 aliphatic carbocycles. The van der Waals surface area contributed by atoms with Crippen molar-refractivity contribution in [3.8, 4) is 17.2 Å². The van der Waals surface area contributed by atoms with Gasteiger partial charge in [0.05, 0.1) is 33.6 Å². The number of benzene rings is 1. The molecule has 3 rings (SSSR count). The summed E-state index contributed by atoms with van der Waals surface area (Å²) >= 11 is 0.